The Morgan fingerprint density at radius 1 is 1.67 bits per heavy atom. The summed E-state index contributed by atoms with van der Waals surface area (Å²) in [5, 5.41) is 0. The molecule has 0 aliphatic heterocycles. The summed E-state index contributed by atoms with van der Waals surface area (Å²) in [6.07, 6.45) is 0. The smallest absolute Gasteiger partial charge is 0.354 e. The van der Waals surface area contributed by atoms with Gasteiger partial charge in [0.05, 0.1) is 7.11 Å². The first-order valence-corrected chi connectivity index (χ1v) is 4.97. The zero-order valence-corrected chi connectivity index (χ0v) is 9.70. The highest BCUT2D eigenvalue weighted by Gasteiger charge is 2.18. The van der Waals surface area contributed by atoms with Crippen molar-refractivity contribution in [1.82, 2.24) is 4.57 Å². The van der Waals surface area contributed by atoms with Crippen LogP contribution in [0.2, 0.25) is 0 Å². The molecule has 15 heavy (non-hydrogen) atoms. The van der Waals surface area contributed by atoms with Gasteiger partial charge in [-0.1, -0.05) is 6.92 Å². The van der Waals surface area contributed by atoms with Gasteiger partial charge in [0.2, 0.25) is 0 Å². The third-order valence-corrected chi connectivity index (χ3v) is 2.69. The lowest BCUT2D eigenvalue weighted by Gasteiger charge is -2.13. The summed E-state index contributed by atoms with van der Waals surface area (Å²) >= 11 is 0. The molecule has 0 bridgehead atoms. The number of ether oxygens (including phenoxy) is 1. The quantitative estimate of drug-likeness (QED) is 0.762. The maximum Gasteiger partial charge on any atom is 0.354 e. The van der Waals surface area contributed by atoms with E-state index in [-0.39, 0.29) is 11.9 Å². The number of hydrogen-bond acceptors (Lipinski definition) is 3. The molecule has 0 spiro atoms. The Bertz CT molecular complexity index is 369. The molecule has 0 radical (unpaired) electrons. The van der Waals surface area contributed by atoms with E-state index in [1.54, 1.807) is 0 Å². The fourth-order valence-electron chi connectivity index (χ4n) is 1.90. The predicted molar refractivity (Wildman–Crippen MR) is 59.0 cm³/mol. The number of aryl methyl sites for hydroxylation is 1. The van der Waals surface area contributed by atoms with E-state index in [2.05, 4.69) is 0 Å². The van der Waals surface area contributed by atoms with Crippen molar-refractivity contribution in [2.45, 2.75) is 19.8 Å². The van der Waals surface area contributed by atoms with Crippen LogP contribution in [0.1, 0.15) is 34.6 Å². The number of nitrogens with two attached hydrogens (primary N) is 1. The number of carbonyl (C=O) groups is 1. The molecule has 0 aromatic carbocycles. The Labute approximate surface area is 90.0 Å². The minimum absolute atomic E-state index is 0.244. The van der Waals surface area contributed by atoms with Crippen LogP contribution in [-0.4, -0.2) is 24.2 Å². The van der Waals surface area contributed by atoms with Crippen molar-refractivity contribution in [2.75, 3.05) is 13.7 Å². The largest absolute Gasteiger partial charge is 0.464 e. The molecule has 4 nitrogen and oxygen atoms in total. The fourth-order valence-corrected chi connectivity index (χ4v) is 1.90. The SMILES string of the molecule is COC(=O)c1cc(C)c(C(C)CN)n1C. The Morgan fingerprint density at radius 3 is 2.73 bits per heavy atom. The van der Waals surface area contributed by atoms with Crippen LogP contribution in [0.3, 0.4) is 0 Å². The van der Waals surface area contributed by atoms with E-state index in [4.69, 9.17) is 10.5 Å². The summed E-state index contributed by atoms with van der Waals surface area (Å²) in [5.41, 5.74) is 8.38. The summed E-state index contributed by atoms with van der Waals surface area (Å²) in [5.74, 6) is -0.0653. The molecular weight excluding hydrogens is 192 g/mol. The molecule has 1 unspecified atom stereocenters. The van der Waals surface area contributed by atoms with Gasteiger partial charge in [0.25, 0.3) is 0 Å². The molecule has 1 aromatic heterocycles. The van der Waals surface area contributed by atoms with E-state index in [0.29, 0.717) is 12.2 Å². The van der Waals surface area contributed by atoms with Gasteiger partial charge >= 0.3 is 5.97 Å². The molecule has 0 saturated carbocycles. The van der Waals surface area contributed by atoms with Crippen molar-refractivity contribution in [3.8, 4) is 0 Å². The minimum Gasteiger partial charge on any atom is -0.464 e. The number of rotatable bonds is 3. The van der Waals surface area contributed by atoms with Crippen LogP contribution in [0, 0.1) is 6.92 Å². The van der Waals surface area contributed by atoms with Gasteiger partial charge in [0.15, 0.2) is 0 Å². The molecule has 0 aliphatic carbocycles. The Kier molecular flexibility index (Phi) is 3.52. The molecular formula is C11H18N2O2. The molecule has 84 valence electrons. The second-order valence-corrected chi connectivity index (χ2v) is 3.79. The van der Waals surface area contributed by atoms with Crippen LogP contribution < -0.4 is 5.73 Å². The van der Waals surface area contributed by atoms with Gasteiger partial charge in [-0.2, -0.15) is 0 Å². The predicted octanol–water partition coefficient (Wildman–Crippen LogP) is 1.18. The molecule has 1 atom stereocenters. The normalized spacial score (nSPS) is 12.6. The molecule has 2 N–H and O–H groups in total. The van der Waals surface area contributed by atoms with E-state index in [9.17, 15) is 4.79 Å². The van der Waals surface area contributed by atoms with Crippen molar-refractivity contribution in [3.05, 3.63) is 23.0 Å². The summed E-state index contributed by atoms with van der Waals surface area (Å²) in [6.45, 7) is 4.59. The van der Waals surface area contributed by atoms with Crippen molar-refractivity contribution >= 4 is 5.97 Å². The van der Waals surface area contributed by atoms with Crippen molar-refractivity contribution < 1.29 is 9.53 Å². The number of carbonyl (C=O) groups excluding carboxylic acids is 1. The highest BCUT2D eigenvalue weighted by Crippen LogP contribution is 2.22. The van der Waals surface area contributed by atoms with Crippen LogP contribution >= 0.6 is 0 Å². The summed E-state index contributed by atoms with van der Waals surface area (Å²) in [4.78, 5) is 11.4. The maximum atomic E-state index is 11.4. The Morgan fingerprint density at radius 2 is 2.27 bits per heavy atom. The van der Waals surface area contributed by atoms with Crippen molar-refractivity contribution in [2.24, 2.45) is 12.8 Å². The van der Waals surface area contributed by atoms with Gasteiger partial charge in [-0.05, 0) is 18.6 Å². The van der Waals surface area contributed by atoms with Gasteiger partial charge in [-0.15, -0.1) is 0 Å². The zero-order chi connectivity index (χ0) is 11.6. The number of methoxy groups -OCH3 is 1. The van der Waals surface area contributed by atoms with Gasteiger partial charge < -0.3 is 15.0 Å². The lowest BCUT2D eigenvalue weighted by atomic mass is 10.1. The number of esters is 1. The molecule has 4 heteroatoms. The molecule has 1 rings (SSSR count). The van der Waals surface area contributed by atoms with Crippen LogP contribution in [0.15, 0.2) is 6.07 Å². The third kappa shape index (κ3) is 2.04. The average molecular weight is 210 g/mol. The summed E-state index contributed by atoms with van der Waals surface area (Å²) < 4.78 is 6.57. The third-order valence-electron chi connectivity index (χ3n) is 2.69. The number of aromatic nitrogens is 1. The molecule has 1 heterocycles. The van der Waals surface area contributed by atoms with E-state index >= 15 is 0 Å². The molecule has 1 aromatic rings. The first kappa shape index (κ1) is 11.8. The van der Waals surface area contributed by atoms with Crippen LogP contribution in [0.4, 0.5) is 0 Å². The fraction of sp³-hybridized carbons (Fsp3) is 0.545. The molecule has 0 fully saturated rings. The van der Waals surface area contributed by atoms with Gasteiger partial charge in [0.1, 0.15) is 5.69 Å². The highest BCUT2D eigenvalue weighted by atomic mass is 16.5. The standard InChI is InChI=1S/C11H18N2O2/c1-7-5-9(11(14)15-4)13(3)10(7)8(2)6-12/h5,8H,6,12H2,1-4H3. The highest BCUT2D eigenvalue weighted by molar-refractivity contribution is 5.88. The van der Waals surface area contributed by atoms with Crippen LogP contribution in [0.5, 0.6) is 0 Å². The van der Waals surface area contributed by atoms with Crippen LogP contribution in [0.25, 0.3) is 0 Å². The first-order chi connectivity index (χ1) is 7.02. The lowest BCUT2D eigenvalue weighted by molar-refractivity contribution is 0.0589. The monoisotopic (exact) mass is 210 g/mol. The maximum absolute atomic E-state index is 11.4. The number of nitrogens with zero attached hydrogens (tertiary/aromatic N) is 1. The van der Waals surface area contributed by atoms with E-state index in [1.165, 1.54) is 7.11 Å². The summed E-state index contributed by atoms with van der Waals surface area (Å²) in [7, 11) is 3.25. The van der Waals surface area contributed by atoms with E-state index in [0.717, 1.165) is 11.3 Å². The Hall–Kier alpha value is -1.29. The van der Waals surface area contributed by atoms with Gasteiger partial charge in [-0.3, -0.25) is 0 Å². The second kappa shape index (κ2) is 4.49. The first-order valence-electron chi connectivity index (χ1n) is 4.97. The zero-order valence-electron chi connectivity index (χ0n) is 9.70. The van der Waals surface area contributed by atoms with Crippen molar-refractivity contribution in [1.29, 1.82) is 0 Å². The van der Waals surface area contributed by atoms with E-state index in [1.807, 2.05) is 31.5 Å². The van der Waals surface area contributed by atoms with Crippen LogP contribution in [-0.2, 0) is 11.8 Å². The molecule has 0 amide bonds. The lowest BCUT2D eigenvalue weighted by Crippen LogP contribution is -2.15. The second-order valence-electron chi connectivity index (χ2n) is 3.79. The molecule has 0 aliphatic rings. The summed E-state index contributed by atoms with van der Waals surface area (Å²) in [6, 6.07) is 1.84. The van der Waals surface area contributed by atoms with Gasteiger partial charge in [0, 0.05) is 25.2 Å². The van der Waals surface area contributed by atoms with Crippen molar-refractivity contribution in [3.63, 3.8) is 0 Å². The number of hydrogen-bond donors (Lipinski definition) is 1. The van der Waals surface area contributed by atoms with E-state index < -0.39 is 0 Å². The average Bonchev–Trinajstić information content (AvgIpc) is 2.52. The topological polar surface area (TPSA) is 57.2 Å². The molecule has 0 saturated heterocycles. The Balaban J connectivity index is 3.20. The minimum atomic E-state index is -0.309. The van der Waals surface area contributed by atoms with Gasteiger partial charge in [-0.25, -0.2) is 4.79 Å².